The Bertz CT molecular complexity index is 198. The summed E-state index contributed by atoms with van der Waals surface area (Å²) < 4.78 is 27.4. The Morgan fingerprint density at radius 3 is 2.35 bits per heavy atom. The zero-order valence-corrected chi connectivity index (χ0v) is 12.2. The second-order valence-corrected chi connectivity index (χ2v) is 7.25. The smallest absolute Gasteiger partial charge is 0.377 e. The molecule has 0 aromatic carbocycles. The minimum Gasteiger partial charge on any atom is -0.377 e. The first-order chi connectivity index (χ1) is 8.19. The van der Waals surface area contributed by atoms with Crippen molar-refractivity contribution in [3.63, 3.8) is 0 Å². The minimum absolute atomic E-state index is 0.0860. The van der Waals surface area contributed by atoms with Crippen LogP contribution in [0.2, 0.25) is 6.04 Å². The van der Waals surface area contributed by atoms with E-state index in [1.807, 2.05) is 6.92 Å². The third kappa shape index (κ3) is 5.03. The van der Waals surface area contributed by atoms with Gasteiger partial charge in [0.1, 0.15) is 6.10 Å². The molecule has 1 heterocycles. The number of rotatable bonds is 10. The Hall–Kier alpha value is 0.0169. The Morgan fingerprint density at radius 1 is 1.29 bits per heavy atom. The van der Waals surface area contributed by atoms with Crippen LogP contribution in [0.4, 0.5) is 0 Å². The summed E-state index contributed by atoms with van der Waals surface area (Å²) in [6.07, 6.45) is 1.29. The molecule has 102 valence electrons. The van der Waals surface area contributed by atoms with E-state index in [0.29, 0.717) is 19.3 Å². The van der Waals surface area contributed by atoms with Crippen LogP contribution >= 0.6 is 0 Å². The fraction of sp³-hybridized carbons (Fsp3) is 1.00. The van der Waals surface area contributed by atoms with Crippen LogP contribution in [-0.4, -0.2) is 55.1 Å². The Balaban J connectivity index is 2.27. The molecule has 17 heavy (non-hydrogen) atoms. The van der Waals surface area contributed by atoms with E-state index in [9.17, 15) is 0 Å². The number of hydrogen-bond acceptors (Lipinski definition) is 5. The van der Waals surface area contributed by atoms with Crippen LogP contribution in [0.25, 0.3) is 0 Å². The average Bonchev–Trinajstić information content (AvgIpc) is 3.19. The van der Waals surface area contributed by atoms with E-state index >= 15 is 0 Å². The van der Waals surface area contributed by atoms with Gasteiger partial charge in [-0.1, -0.05) is 13.8 Å². The molecule has 2 unspecified atom stereocenters. The predicted molar refractivity (Wildman–Crippen MR) is 66.0 cm³/mol. The Kier molecular flexibility index (Phi) is 6.61. The summed E-state index contributed by atoms with van der Waals surface area (Å²) in [5.74, 6) is 0. The maximum Gasteiger partial charge on any atom is 0.500 e. The van der Waals surface area contributed by atoms with Gasteiger partial charge in [0, 0.05) is 20.3 Å². The lowest BCUT2D eigenvalue weighted by molar-refractivity contribution is -0.0126. The molecule has 0 spiro atoms. The van der Waals surface area contributed by atoms with Crippen LogP contribution in [0.3, 0.4) is 0 Å². The summed E-state index contributed by atoms with van der Waals surface area (Å²) in [6.45, 7) is 6.09. The van der Waals surface area contributed by atoms with Crippen LogP contribution in [-0.2, 0) is 22.8 Å². The van der Waals surface area contributed by atoms with Gasteiger partial charge in [-0.25, -0.2) is 0 Å². The van der Waals surface area contributed by atoms with E-state index in [1.54, 1.807) is 14.2 Å². The zero-order chi connectivity index (χ0) is 12.7. The predicted octanol–water partition coefficient (Wildman–Crippen LogP) is 1.45. The van der Waals surface area contributed by atoms with Crippen molar-refractivity contribution in [2.45, 2.75) is 38.5 Å². The van der Waals surface area contributed by atoms with Gasteiger partial charge in [0.15, 0.2) is 0 Å². The molecule has 0 aromatic rings. The number of epoxide rings is 1. The first kappa shape index (κ1) is 15.1. The molecule has 1 aliphatic heterocycles. The van der Waals surface area contributed by atoms with Crippen molar-refractivity contribution in [2.75, 3.05) is 34.0 Å². The molecule has 1 aliphatic rings. The highest BCUT2D eigenvalue weighted by atomic mass is 28.4. The van der Waals surface area contributed by atoms with Crippen LogP contribution in [0, 0.1) is 0 Å². The standard InChI is InChI=1S/C11H24O5Si/c1-5-10(14-7-11-8-15-11)9-16-17(6-2,12-3)13-4/h10-11H,5-9H2,1-4H3. The van der Waals surface area contributed by atoms with Gasteiger partial charge in [0.05, 0.1) is 25.9 Å². The lowest BCUT2D eigenvalue weighted by Crippen LogP contribution is -2.45. The van der Waals surface area contributed by atoms with Crippen LogP contribution in [0.5, 0.6) is 0 Å². The van der Waals surface area contributed by atoms with E-state index in [0.717, 1.165) is 19.1 Å². The van der Waals surface area contributed by atoms with Crippen molar-refractivity contribution in [3.05, 3.63) is 0 Å². The van der Waals surface area contributed by atoms with E-state index in [4.69, 9.17) is 22.8 Å². The quantitative estimate of drug-likeness (QED) is 0.441. The fourth-order valence-corrected chi connectivity index (χ4v) is 3.13. The van der Waals surface area contributed by atoms with Gasteiger partial charge in [-0.15, -0.1) is 0 Å². The van der Waals surface area contributed by atoms with Crippen LogP contribution in [0.15, 0.2) is 0 Å². The Labute approximate surface area is 105 Å². The molecule has 1 saturated heterocycles. The highest BCUT2D eigenvalue weighted by Crippen LogP contribution is 2.16. The van der Waals surface area contributed by atoms with Crippen LogP contribution < -0.4 is 0 Å². The maximum absolute atomic E-state index is 5.81. The Morgan fingerprint density at radius 2 is 1.94 bits per heavy atom. The molecule has 0 aliphatic carbocycles. The van der Waals surface area contributed by atoms with Crippen molar-refractivity contribution in [3.8, 4) is 0 Å². The lowest BCUT2D eigenvalue weighted by Gasteiger charge is -2.27. The molecule has 0 N–H and O–H groups in total. The second-order valence-electron chi connectivity index (χ2n) is 4.07. The van der Waals surface area contributed by atoms with Gasteiger partial charge in [0.25, 0.3) is 0 Å². The third-order valence-electron chi connectivity index (χ3n) is 2.92. The highest BCUT2D eigenvalue weighted by molar-refractivity contribution is 6.60. The molecule has 2 atom stereocenters. The summed E-state index contributed by atoms with van der Waals surface area (Å²) in [5.41, 5.74) is 0. The molecule has 1 rings (SSSR count). The normalized spacial score (nSPS) is 21.5. The molecule has 0 saturated carbocycles. The fourth-order valence-electron chi connectivity index (χ4n) is 1.50. The van der Waals surface area contributed by atoms with Gasteiger partial charge < -0.3 is 22.8 Å². The summed E-state index contributed by atoms with van der Waals surface area (Å²) in [4.78, 5) is 0. The molecule has 6 heteroatoms. The van der Waals surface area contributed by atoms with Crippen molar-refractivity contribution >= 4 is 8.80 Å². The van der Waals surface area contributed by atoms with Crippen molar-refractivity contribution in [1.29, 1.82) is 0 Å². The van der Waals surface area contributed by atoms with Gasteiger partial charge >= 0.3 is 8.80 Å². The first-order valence-corrected chi connectivity index (χ1v) is 8.10. The van der Waals surface area contributed by atoms with Crippen LogP contribution in [0.1, 0.15) is 20.3 Å². The third-order valence-corrected chi connectivity index (χ3v) is 5.64. The van der Waals surface area contributed by atoms with E-state index in [1.165, 1.54) is 0 Å². The van der Waals surface area contributed by atoms with E-state index in [2.05, 4.69) is 6.92 Å². The SMILES string of the molecule is CCC(CO[Si](CC)(OC)OC)OCC1CO1. The zero-order valence-electron chi connectivity index (χ0n) is 11.2. The molecular weight excluding hydrogens is 240 g/mol. The largest absolute Gasteiger partial charge is 0.500 e. The van der Waals surface area contributed by atoms with Gasteiger partial charge in [0.2, 0.25) is 0 Å². The topological polar surface area (TPSA) is 49.5 Å². The van der Waals surface area contributed by atoms with Crippen molar-refractivity contribution in [2.24, 2.45) is 0 Å². The molecule has 5 nitrogen and oxygen atoms in total. The van der Waals surface area contributed by atoms with Gasteiger partial charge in [-0.3, -0.25) is 0 Å². The summed E-state index contributed by atoms with van der Waals surface area (Å²) in [6, 6.07) is 0.766. The summed E-state index contributed by atoms with van der Waals surface area (Å²) in [7, 11) is 0.828. The molecule has 0 radical (unpaired) electrons. The summed E-state index contributed by atoms with van der Waals surface area (Å²) >= 11 is 0. The average molecular weight is 264 g/mol. The second kappa shape index (κ2) is 7.45. The van der Waals surface area contributed by atoms with E-state index in [-0.39, 0.29) is 6.10 Å². The number of ether oxygens (including phenoxy) is 2. The molecule has 0 aromatic heterocycles. The molecule has 0 amide bonds. The first-order valence-electron chi connectivity index (χ1n) is 6.17. The molecule has 1 fully saturated rings. The van der Waals surface area contributed by atoms with E-state index < -0.39 is 8.80 Å². The minimum atomic E-state index is -2.45. The van der Waals surface area contributed by atoms with Crippen molar-refractivity contribution < 1.29 is 22.8 Å². The van der Waals surface area contributed by atoms with Crippen molar-refractivity contribution in [1.82, 2.24) is 0 Å². The summed E-state index contributed by atoms with van der Waals surface area (Å²) in [5, 5.41) is 0. The highest BCUT2D eigenvalue weighted by Gasteiger charge is 2.37. The van der Waals surface area contributed by atoms with Gasteiger partial charge in [-0.2, -0.15) is 0 Å². The number of hydrogen-bond donors (Lipinski definition) is 0. The lowest BCUT2D eigenvalue weighted by atomic mass is 10.3. The molecule has 0 bridgehead atoms. The molecular formula is C11H24O5Si. The monoisotopic (exact) mass is 264 g/mol. The van der Waals surface area contributed by atoms with Gasteiger partial charge in [-0.05, 0) is 6.42 Å². The maximum atomic E-state index is 5.81.